The highest BCUT2D eigenvalue weighted by Crippen LogP contribution is 2.44. The number of ketones is 1. The van der Waals surface area contributed by atoms with E-state index in [4.69, 9.17) is 4.74 Å². The first-order valence-electron chi connectivity index (χ1n) is 10.1. The van der Waals surface area contributed by atoms with Crippen LogP contribution in [-0.4, -0.2) is 28.4 Å². The number of carbonyl (C=O) groups is 2. The summed E-state index contributed by atoms with van der Waals surface area (Å²) in [6, 6.07) is 13.3. The molecule has 1 amide bonds. The van der Waals surface area contributed by atoms with Crippen LogP contribution in [0, 0.1) is 5.82 Å². The number of thiazole rings is 1. The third-order valence-electron chi connectivity index (χ3n) is 5.25. The lowest BCUT2D eigenvalue weighted by Gasteiger charge is -2.24. The van der Waals surface area contributed by atoms with Crippen molar-refractivity contribution >= 4 is 49.7 Å². The summed E-state index contributed by atoms with van der Waals surface area (Å²) in [5.41, 5.74) is 1.09. The predicted molar refractivity (Wildman–Crippen MR) is 126 cm³/mol. The smallest absolute Gasteiger partial charge is 0.296 e. The molecule has 4 aromatic rings. The highest BCUT2D eigenvalue weighted by molar-refractivity contribution is 7.22. The van der Waals surface area contributed by atoms with Gasteiger partial charge in [0.05, 0.1) is 33.3 Å². The quantitative estimate of drug-likeness (QED) is 0.359. The molecule has 3 heterocycles. The Morgan fingerprint density at radius 2 is 2.00 bits per heavy atom. The van der Waals surface area contributed by atoms with E-state index in [0.717, 1.165) is 4.70 Å². The van der Waals surface area contributed by atoms with E-state index in [9.17, 15) is 19.1 Å². The van der Waals surface area contributed by atoms with E-state index in [2.05, 4.69) is 4.98 Å². The molecule has 0 saturated heterocycles. The first-order chi connectivity index (χ1) is 16.0. The average molecular weight is 481 g/mol. The molecular weight excluding hydrogens is 463 g/mol. The molecule has 0 unspecified atom stereocenters. The molecule has 9 heteroatoms. The van der Waals surface area contributed by atoms with Gasteiger partial charge in [0.1, 0.15) is 11.6 Å². The number of hydrogen-bond acceptors (Lipinski definition) is 7. The normalized spacial score (nSPS) is 16.1. The first kappa shape index (κ1) is 21.3. The minimum absolute atomic E-state index is 0.0525. The number of hydrogen-bond donors (Lipinski definition) is 1. The van der Waals surface area contributed by atoms with Crippen molar-refractivity contribution in [2.75, 3.05) is 11.5 Å². The molecule has 5 rings (SSSR count). The molecule has 2 aromatic heterocycles. The Morgan fingerprint density at radius 3 is 2.70 bits per heavy atom. The van der Waals surface area contributed by atoms with Gasteiger partial charge >= 0.3 is 0 Å². The van der Waals surface area contributed by atoms with Crippen LogP contribution in [0.3, 0.4) is 0 Å². The zero-order valence-corrected chi connectivity index (χ0v) is 19.0. The SMILES string of the molecule is CCOc1ccc2nc(N3C(=O)C(O)=C(C(=O)c4cccs4)[C@@H]3c3ccc(F)cc3)sc2c1. The summed E-state index contributed by atoms with van der Waals surface area (Å²) < 4.78 is 20.0. The van der Waals surface area contributed by atoms with Crippen LogP contribution in [-0.2, 0) is 4.79 Å². The largest absolute Gasteiger partial charge is 0.503 e. The number of aliphatic hydroxyl groups excluding tert-OH is 1. The molecule has 0 spiro atoms. The minimum atomic E-state index is -0.945. The van der Waals surface area contributed by atoms with Gasteiger partial charge in [0.15, 0.2) is 10.9 Å². The fourth-order valence-electron chi connectivity index (χ4n) is 3.79. The Morgan fingerprint density at radius 1 is 1.21 bits per heavy atom. The second-order valence-electron chi connectivity index (χ2n) is 7.26. The maximum absolute atomic E-state index is 13.6. The number of anilines is 1. The van der Waals surface area contributed by atoms with E-state index >= 15 is 0 Å². The summed E-state index contributed by atoms with van der Waals surface area (Å²) in [5.74, 6) is -1.58. The van der Waals surface area contributed by atoms with Gasteiger partial charge in [0, 0.05) is 0 Å². The Balaban J connectivity index is 1.64. The van der Waals surface area contributed by atoms with Gasteiger partial charge in [-0.05, 0) is 54.3 Å². The van der Waals surface area contributed by atoms with Crippen LogP contribution >= 0.6 is 22.7 Å². The second kappa shape index (κ2) is 8.42. The molecule has 1 aliphatic rings. The number of aliphatic hydroxyl groups is 1. The van der Waals surface area contributed by atoms with Crippen molar-refractivity contribution in [3.63, 3.8) is 0 Å². The highest BCUT2D eigenvalue weighted by Gasteiger charge is 2.46. The predicted octanol–water partition coefficient (Wildman–Crippen LogP) is 5.68. The molecule has 0 fully saturated rings. The Labute approximate surface area is 196 Å². The third kappa shape index (κ3) is 3.69. The number of ether oxygens (including phenoxy) is 1. The summed E-state index contributed by atoms with van der Waals surface area (Å²) >= 11 is 2.46. The van der Waals surface area contributed by atoms with Crippen molar-refractivity contribution in [3.8, 4) is 5.75 Å². The lowest BCUT2D eigenvalue weighted by Crippen LogP contribution is -2.30. The summed E-state index contributed by atoms with van der Waals surface area (Å²) in [5, 5.41) is 12.9. The van der Waals surface area contributed by atoms with Crippen LogP contribution in [0.2, 0.25) is 0 Å². The zero-order chi connectivity index (χ0) is 23.1. The van der Waals surface area contributed by atoms with Gasteiger partial charge in [-0.1, -0.05) is 29.5 Å². The maximum atomic E-state index is 13.6. The summed E-state index contributed by atoms with van der Waals surface area (Å²) in [4.78, 5) is 32.8. The van der Waals surface area contributed by atoms with Gasteiger partial charge < -0.3 is 9.84 Å². The lowest BCUT2D eigenvalue weighted by molar-refractivity contribution is -0.117. The molecule has 0 radical (unpaired) electrons. The second-order valence-corrected chi connectivity index (χ2v) is 9.21. The molecule has 0 saturated carbocycles. The number of nitrogens with zero attached hydrogens (tertiary/aromatic N) is 2. The van der Waals surface area contributed by atoms with Gasteiger partial charge in [0.2, 0.25) is 5.78 Å². The summed E-state index contributed by atoms with van der Waals surface area (Å²) in [7, 11) is 0. The fourth-order valence-corrected chi connectivity index (χ4v) is 5.49. The minimum Gasteiger partial charge on any atom is -0.503 e. The van der Waals surface area contributed by atoms with Crippen molar-refractivity contribution in [1.29, 1.82) is 0 Å². The van der Waals surface area contributed by atoms with Gasteiger partial charge in [-0.2, -0.15) is 0 Å². The molecule has 2 aromatic carbocycles. The summed E-state index contributed by atoms with van der Waals surface area (Å²) in [6.07, 6.45) is 0. The molecule has 6 nitrogen and oxygen atoms in total. The van der Waals surface area contributed by atoms with Crippen LogP contribution < -0.4 is 9.64 Å². The highest BCUT2D eigenvalue weighted by atomic mass is 32.1. The molecule has 0 aliphatic carbocycles. The fraction of sp³-hybridized carbons (Fsp3) is 0.125. The molecule has 33 heavy (non-hydrogen) atoms. The van der Waals surface area contributed by atoms with Gasteiger partial charge in [-0.3, -0.25) is 14.5 Å². The van der Waals surface area contributed by atoms with Crippen molar-refractivity contribution in [1.82, 2.24) is 4.98 Å². The number of amides is 1. The number of aromatic nitrogens is 1. The van der Waals surface area contributed by atoms with Crippen LogP contribution in [0.5, 0.6) is 5.75 Å². The number of carbonyl (C=O) groups excluding carboxylic acids is 2. The number of halogens is 1. The number of rotatable bonds is 6. The third-order valence-corrected chi connectivity index (χ3v) is 7.14. The molecule has 166 valence electrons. The van der Waals surface area contributed by atoms with E-state index < -0.39 is 29.3 Å². The standard InChI is InChI=1S/C24H17FN2O4S2/c1-2-31-15-9-10-16-18(12-15)33-24(26-16)27-20(13-5-7-14(25)8-6-13)19(22(29)23(27)30)21(28)17-4-3-11-32-17/h3-12,20,29H,2H2,1H3/t20-/m0/s1. The van der Waals surface area contributed by atoms with Crippen LogP contribution in [0.15, 0.2) is 71.3 Å². The van der Waals surface area contributed by atoms with E-state index in [1.54, 1.807) is 29.6 Å². The number of Topliss-reactive ketones (excluding diaryl/α,β-unsaturated/α-hetero) is 1. The van der Waals surface area contributed by atoms with Crippen molar-refractivity contribution in [2.24, 2.45) is 0 Å². The van der Waals surface area contributed by atoms with E-state index in [1.807, 2.05) is 13.0 Å². The molecule has 1 aliphatic heterocycles. The Bertz CT molecular complexity index is 1390. The van der Waals surface area contributed by atoms with E-state index in [-0.39, 0.29) is 5.57 Å². The van der Waals surface area contributed by atoms with Crippen molar-refractivity contribution in [2.45, 2.75) is 13.0 Å². The van der Waals surface area contributed by atoms with Gasteiger partial charge in [0.25, 0.3) is 5.91 Å². The van der Waals surface area contributed by atoms with Crippen LogP contribution in [0.25, 0.3) is 10.2 Å². The van der Waals surface area contributed by atoms with Crippen LogP contribution in [0.1, 0.15) is 28.2 Å². The Hall–Kier alpha value is -3.56. The number of benzene rings is 2. The Kier molecular flexibility index (Phi) is 5.43. The maximum Gasteiger partial charge on any atom is 0.296 e. The van der Waals surface area contributed by atoms with E-state index in [0.29, 0.717) is 33.4 Å². The van der Waals surface area contributed by atoms with Crippen molar-refractivity contribution in [3.05, 3.63) is 87.6 Å². The zero-order valence-electron chi connectivity index (χ0n) is 17.3. The molecule has 1 atom stereocenters. The molecule has 0 bridgehead atoms. The van der Waals surface area contributed by atoms with E-state index in [1.165, 1.54) is 51.8 Å². The summed E-state index contributed by atoms with van der Waals surface area (Å²) in [6.45, 7) is 2.40. The number of fused-ring (bicyclic) bond motifs is 1. The lowest BCUT2D eigenvalue weighted by atomic mass is 9.95. The van der Waals surface area contributed by atoms with Gasteiger partial charge in [-0.15, -0.1) is 11.3 Å². The van der Waals surface area contributed by atoms with Crippen LogP contribution in [0.4, 0.5) is 9.52 Å². The first-order valence-corrected chi connectivity index (χ1v) is 11.8. The average Bonchev–Trinajstić information content (AvgIpc) is 3.53. The topological polar surface area (TPSA) is 79.7 Å². The van der Waals surface area contributed by atoms with Gasteiger partial charge in [-0.25, -0.2) is 9.37 Å². The molecule has 1 N–H and O–H groups in total. The molecular formula is C24H17FN2O4S2. The monoisotopic (exact) mass is 480 g/mol. The number of thiophene rings is 1. The van der Waals surface area contributed by atoms with Crippen molar-refractivity contribution < 1.29 is 23.8 Å².